The number of hydrogen-bond acceptors (Lipinski definition) is 3. The number of Topliss-reactive ketones (excluding diaryl/α,β-unsaturated/α-hetero) is 1. The zero-order valence-corrected chi connectivity index (χ0v) is 16.3. The van der Waals surface area contributed by atoms with Crippen molar-refractivity contribution in [3.63, 3.8) is 0 Å². The van der Waals surface area contributed by atoms with Crippen LogP contribution in [0.25, 0.3) is 11.0 Å². The fraction of sp³-hybridized carbons (Fsp3) is 0.348. The summed E-state index contributed by atoms with van der Waals surface area (Å²) in [6, 6.07) is 13.8. The van der Waals surface area contributed by atoms with E-state index >= 15 is 0 Å². The van der Waals surface area contributed by atoms with Gasteiger partial charge in [0.15, 0.2) is 0 Å². The molecular weight excluding hydrogens is 350 g/mol. The van der Waals surface area contributed by atoms with E-state index in [1.54, 1.807) is 6.33 Å². The first-order chi connectivity index (χ1) is 13.5. The molecule has 0 aliphatic heterocycles. The minimum Gasteiger partial charge on any atom is -0.334 e. The quantitative estimate of drug-likeness (QED) is 0.726. The lowest BCUT2D eigenvalue weighted by atomic mass is 9.94. The molecule has 1 saturated carbocycles. The van der Waals surface area contributed by atoms with Crippen molar-refractivity contribution in [2.75, 3.05) is 5.32 Å². The van der Waals surface area contributed by atoms with Gasteiger partial charge in [0.1, 0.15) is 5.78 Å². The van der Waals surface area contributed by atoms with E-state index in [0.717, 1.165) is 53.5 Å². The van der Waals surface area contributed by atoms with Crippen LogP contribution in [0, 0.1) is 5.92 Å². The molecule has 2 aromatic carbocycles. The molecule has 144 valence electrons. The molecule has 0 spiro atoms. The predicted octanol–water partition coefficient (Wildman–Crippen LogP) is 4.23. The van der Waals surface area contributed by atoms with Crippen molar-refractivity contribution < 1.29 is 9.59 Å². The van der Waals surface area contributed by atoms with Crippen molar-refractivity contribution in [3.05, 3.63) is 59.9 Å². The van der Waals surface area contributed by atoms with Gasteiger partial charge in [0.2, 0.25) is 5.91 Å². The second-order valence-electron chi connectivity index (χ2n) is 7.77. The third kappa shape index (κ3) is 3.70. The first-order valence-corrected chi connectivity index (χ1v) is 9.85. The molecule has 1 aromatic heterocycles. The molecule has 1 amide bonds. The standard InChI is InChI=1S/C23H25N3O2/c1-15(17-8-6-16(7-9-17)12-18-4-3-5-22(18)27)23(28)25-19-10-11-21-20(13-19)24-14-26(21)2/h6-11,13-15,18H,3-5,12H2,1-2H3,(H,25,28)/t15-,18-/m1/s1. The highest BCUT2D eigenvalue weighted by atomic mass is 16.2. The monoisotopic (exact) mass is 375 g/mol. The minimum atomic E-state index is -0.262. The van der Waals surface area contributed by atoms with Crippen molar-refractivity contribution in [3.8, 4) is 0 Å². The molecule has 0 saturated heterocycles. The number of nitrogens with one attached hydrogen (secondary N) is 1. The zero-order chi connectivity index (χ0) is 19.7. The Kier molecular flexibility index (Phi) is 4.99. The van der Waals surface area contributed by atoms with Crippen molar-refractivity contribution in [1.29, 1.82) is 0 Å². The number of benzene rings is 2. The van der Waals surface area contributed by atoms with Gasteiger partial charge >= 0.3 is 0 Å². The van der Waals surface area contributed by atoms with Crippen LogP contribution in [0.5, 0.6) is 0 Å². The van der Waals surface area contributed by atoms with Gasteiger partial charge < -0.3 is 9.88 Å². The fourth-order valence-corrected chi connectivity index (χ4v) is 3.95. The molecule has 1 aliphatic rings. The molecule has 1 aliphatic carbocycles. The van der Waals surface area contributed by atoms with E-state index in [1.807, 2.05) is 61.0 Å². The third-order valence-corrected chi connectivity index (χ3v) is 5.78. The van der Waals surface area contributed by atoms with Gasteiger partial charge in [-0.1, -0.05) is 24.3 Å². The summed E-state index contributed by atoms with van der Waals surface area (Å²) in [6.07, 6.45) is 5.32. The normalized spacial score (nSPS) is 17.8. The molecule has 5 heteroatoms. The number of imidazole rings is 1. The number of fused-ring (bicyclic) bond motifs is 1. The summed E-state index contributed by atoms with van der Waals surface area (Å²) in [5, 5.41) is 2.99. The van der Waals surface area contributed by atoms with Gasteiger partial charge in [-0.25, -0.2) is 4.98 Å². The predicted molar refractivity (Wildman–Crippen MR) is 110 cm³/mol. The Bertz CT molecular complexity index is 1020. The highest BCUT2D eigenvalue weighted by molar-refractivity contribution is 5.97. The van der Waals surface area contributed by atoms with E-state index in [0.29, 0.717) is 5.78 Å². The van der Waals surface area contributed by atoms with E-state index in [1.165, 1.54) is 0 Å². The van der Waals surface area contributed by atoms with Gasteiger partial charge in [-0.15, -0.1) is 0 Å². The fourth-order valence-electron chi connectivity index (χ4n) is 3.95. The number of carbonyl (C=O) groups is 2. The van der Waals surface area contributed by atoms with Crippen LogP contribution in [0.1, 0.15) is 43.2 Å². The number of aryl methyl sites for hydroxylation is 1. The molecule has 5 nitrogen and oxygen atoms in total. The number of carbonyl (C=O) groups excluding carboxylic acids is 2. The first-order valence-electron chi connectivity index (χ1n) is 9.85. The summed E-state index contributed by atoms with van der Waals surface area (Å²) >= 11 is 0. The average molecular weight is 375 g/mol. The lowest BCUT2D eigenvalue weighted by molar-refractivity contribution is -0.120. The largest absolute Gasteiger partial charge is 0.334 e. The Morgan fingerprint density at radius 2 is 2.04 bits per heavy atom. The topological polar surface area (TPSA) is 64.0 Å². The molecule has 28 heavy (non-hydrogen) atoms. The molecule has 1 heterocycles. The lowest BCUT2D eigenvalue weighted by Gasteiger charge is -2.14. The second-order valence-corrected chi connectivity index (χ2v) is 7.77. The highest BCUT2D eigenvalue weighted by Gasteiger charge is 2.24. The minimum absolute atomic E-state index is 0.0472. The van der Waals surface area contributed by atoms with E-state index in [-0.39, 0.29) is 17.7 Å². The summed E-state index contributed by atoms with van der Waals surface area (Å²) in [5.41, 5.74) is 4.77. The molecule has 4 rings (SSSR count). The van der Waals surface area contributed by atoms with Crippen LogP contribution in [-0.4, -0.2) is 21.2 Å². The van der Waals surface area contributed by atoms with Crippen LogP contribution in [0.15, 0.2) is 48.8 Å². The molecule has 0 bridgehead atoms. The smallest absolute Gasteiger partial charge is 0.231 e. The summed E-state index contributed by atoms with van der Waals surface area (Å²) in [6.45, 7) is 1.91. The Morgan fingerprint density at radius 3 is 2.75 bits per heavy atom. The summed E-state index contributed by atoms with van der Waals surface area (Å²) in [4.78, 5) is 28.9. The summed E-state index contributed by atoms with van der Waals surface area (Å²) < 4.78 is 1.95. The molecule has 1 N–H and O–H groups in total. The van der Waals surface area contributed by atoms with Gasteiger partial charge in [0.25, 0.3) is 0 Å². The SMILES string of the molecule is C[C@@H](C(=O)Nc1ccc2c(c1)ncn2C)c1ccc(C[C@H]2CCCC2=O)cc1. The highest BCUT2D eigenvalue weighted by Crippen LogP contribution is 2.26. The molecule has 1 fully saturated rings. The van der Waals surface area contributed by atoms with Crippen LogP contribution >= 0.6 is 0 Å². The van der Waals surface area contributed by atoms with Crippen LogP contribution in [0.3, 0.4) is 0 Å². The molecule has 0 unspecified atom stereocenters. The second kappa shape index (κ2) is 7.58. The molecule has 2 atom stereocenters. The Hall–Kier alpha value is -2.95. The van der Waals surface area contributed by atoms with Crippen molar-refractivity contribution in [1.82, 2.24) is 9.55 Å². The number of ketones is 1. The maximum atomic E-state index is 12.7. The Balaban J connectivity index is 1.41. The van der Waals surface area contributed by atoms with Gasteiger partial charge in [0.05, 0.1) is 23.3 Å². The number of amides is 1. The van der Waals surface area contributed by atoms with Crippen molar-refractivity contribution in [2.45, 2.75) is 38.5 Å². The van der Waals surface area contributed by atoms with Crippen LogP contribution in [0.2, 0.25) is 0 Å². The average Bonchev–Trinajstić information content (AvgIpc) is 3.27. The summed E-state index contributed by atoms with van der Waals surface area (Å²) in [5.74, 6) is 0.255. The van der Waals surface area contributed by atoms with Crippen molar-refractivity contribution >= 4 is 28.4 Å². The van der Waals surface area contributed by atoms with Crippen LogP contribution in [0.4, 0.5) is 5.69 Å². The van der Waals surface area contributed by atoms with Crippen molar-refractivity contribution in [2.24, 2.45) is 13.0 Å². The van der Waals surface area contributed by atoms with Crippen LogP contribution in [-0.2, 0) is 23.1 Å². The summed E-state index contributed by atoms with van der Waals surface area (Å²) in [7, 11) is 1.95. The number of nitrogens with zero attached hydrogens (tertiary/aromatic N) is 2. The number of rotatable bonds is 5. The van der Waals surface area contributed by atoms with E-state index in [2.05, 4.69) is 10.3 Å². The number of anilines is 1. The van der Waals surface area contributed by atoms with E-state index < -0.39 is 0 Å². The Labute approximate surface area is 164 Å². The molecule has 3 aromatic rings. The van der Waals surface area contributed by atoms with Gasteiger partial charge in [0, 0.05) is 25.1 Å². The van der Waals surface area contributed by atoms with E-state index in [9.17, 15) is 9.59 Å². The Morgan fingerprint density at radius 1 is 1.25 bits per heavy atom. The molecular formula is C23H25N3O2. The molecule has 0 radical (unpaired) electrons. The lowest BCUT2D eigenvalue weighted by Crippen LogP contribution is -2.19. The number of hydrogen-bond donors (Lipinski definition) is 1. The van der Waals surface area contributed by atoms with Gasteiger partial charge in [-0.05, 0) is 55.5 Å². The first kappa shape index (κ1) is 18.4. The van der Waals surface area contributed by atoms with Crippen LogP contribution < -0.4 is 5.32 Å². The van der Waals surface area contributed by atoms with Gasteiger partial charge in [-0.2, -0.15) is 0 Å². The maximum Gasteiger partial charge on any atom is 0.231 e. The third-order valence-electron chi connectivity index (χ3n) is 5.78. The number of aromatic nitrogens is 2. The van der Waals surface area contributed by atoms with E-state index in [4.69, 9.17) is 0 Å². The van der Waals surface area contributed by atoms with Gasteiger partial charge in [-0.3, -0.25) is 9.59 Å². The zero-order valence-electron chi connectivity index (χ0n) is 16.3. The maximum absolute atomic E-state index is 12.7.